The molecule has 0 amide bonds. The Balaban J connectivity index is 1.09. The van der Waals surface area contributed by atoms with Crippen molar-refractivity contribution in [2.45, 2.75) is 0 Å². The van der Waals surface area contributed by atoms with Gasteiger partial charge in [0.2, 0.25) is 5.95 Å². The zero-order chi connectivity index (χ0) is 41.4. The Morgan fingerprint density at radius 2 is 0.841 bits per heavy atom. The van der Waals surface area contributed by atoms with Gasteiger partial charge in [0.05, 0.1) is 22.1 Å². The maximum atomic E-state index is 6.61. The first-order valence-electron chi connectivity index (χ1n) is 21.2. The normalized spacial score (nSPS) is 11.8. The summed E-state index contributed by atoms with van der Waals surface area (Å²) in [6.45, 7) is 0. The quantitative estimate of drug-likeness (QED) is 0.168. The van der Waals surface area contributed by atoms with E-state index < -0.39 is 0 Å². The molecule has 0 aliphatic carbocycles. The Kier molecular flexibility index (Phi) is 7.80. The van der Waals surface area contributed by atoms with Gasteiger partial charge < -0.3 is 8.98 Å². The number of hydrogen-bond donors (Lipinski definition) is 0. The molecule has 0 aliphatic rings. The summed E-state index contributed by atoms with van der Waals surface area (Å²) < 4.78 is 11.2. The second kappa shape index (κ2) is 14.0. The van der Waals surface area contributed by atoms with Crippen LogP contribution in [0.15, 0.2) is 217 Å². The van der Waals surface area contributed by atoms with Crippen molar-refractivity contribution >= 4 is 65.6 Å². The first-order valence-corrected chi connectivity index (χ1v) is 21.2. The molecule has 6 heteroatoms. The third kappa shape index (κ3) is 5.62. The van der Waals surface area contributed by atoms with E-state index in [1.807, 2.05) is 30.3 Å². The van der Waals surface area contributed by atoms with Gasteiger partial charge in [-0.3, -0.25) is 4.57 Å². The minimum Gasteiger partial charge on any atom is -0.455 e. The van der Waals surface area contributed by atoms with Crippen molar-refractivity contribution < 1.29 is 4.42 Å². The van der Waals surface area contributed by atoms with Crippen LogP contribution < -0.4 is 0 Å². The minimum absolute atomic E-state index is 0.558. The van der Waals surface area contributed by atoms with E-state index in [9.17, 15) is 0 Å². The Bertz CT molecular complexity index is 3900. The summed E-state index contributed by atoms with van der Waals surface area (Å²) in [4.78, 5) is 15.7. The molecule has 13 rings (SSSR count). The highest BCUT2D eigenvalue weighted by atomic mass is 16.3. The van der Waals surface area contributed by atoms with Crippen LogP contribution in [0.2, 0.25) is 0 Å². The molecule has 0 N–H and O–H groups in total. The molecule has 6 nitrogen and oxygen atoms in total. The summed E-state index contributed by atoms with van der Waals surface area (Å²) in [7, 11) is 0. The number of fused-ring (bicyclic) bond motifs is 9. The lowest BCUT2D eigenvalue weighted by Gasteiger charge is -2.12. The first kappa shape index (κ1) is 35.2. The van der Waals surface area contributed by atoms with Gasteiger partial charge in [-0.15, -0.1) is 0 Å². The third-order valence-corrected chi connectivity index (χ3v) is 12.4. The van der Waals surface area contributed by atoms with E-state index in [0.717, 1.165) is 105 Å². The van der Waals surface area contributed by atoms with Gasteiger partial charge in [-0.05, 0) is 65.2 Å². The predicted octanol–water partition coefficient (Wildman–Crippen LogP) is 14.6. The monoisotopic (exact) mass is 805 g/mol. The topological polar surface area (TPSA) is 61.7 Å². The van der Waals surface area contributed by atoms with Crippen LogP contribution in [0.4, 0.5) is 0 Å². The molecule has 13 aromatic rings. The Hall–Kier alpha value is -8.61. The molecule has 0 saturated carbocycles. The summed E-state index contributed by atoms with van der Waals surface area (Å²) >= 11 is 0. The van der Waals surface area contributed by atoms with Gasteiger partial charge >= 0.3 is 0 Å². The molecule has 0 saturated heterocycles. The number of benzene rings is 9. The van der Waals surface area contributed by atoms with E-state index >= 15 is 0 Å². The van der Waals surface area contributed by atoms with Gasteiger partial charge in [-0.25, -0.2) is 4.98 Å². The van der Waals surface area contributed by atoms with Gasteiger partial charge in [-0.1, -0.05) is 164 Å². The van der Waals surface area contributed by atoms with E-state index in [1.54, 1.807) is 0 Å². The lowest BCUT2D eigenvalue weighted by Crippen LogP contribution is -2.06. The van der Waals surface area contributed by atoms with Crippen molar-refractivity contribution in [1.82, 2.24) is 24.1 Å². The van der Waals surface area contributed by atoms with Crippen molar-refractivity contribution in [1.29, 1.82) is 0 Å². The highest BCUT2D eigenvalue weighted by Gasteiger charge is 2.23. The molecule has 0 spiro atoms. The fourth-order valence-electron chi connectivity index (χ4n) is 9.48. The molecular formula is C57H35N5O. The van der Waals surface area contributed by atoms with Crippen molar-refractivity contribution in [3.05, 3.63) is 212 Å². The van der Waals surface area contributed by atoms with E-state index in [-0.39, 0.29) is 0 Å². The average molecular weight is 806 g/mol. The van der Waals surface area contributed by atoms with Crippen molar-refractivity contribution in [3.63, 3.8) is 0 Å². The lowest BCUT2D eigenvalue weighted by molar-refractivity contribution is 0.670. The first-order chi connectivity index (χ1) is 31.2. The summed E-state index contributed by atoms with van der Waals surface area (Å²) in [5, 5.41) is 6.68. The fraction of sp³-hybridized carbons (Fsp3) is 0. The van der Waals surface area contributed by atoms with Crippen LogP contribution in [0.1, 0.15) is 0 Å². The van der Waals surface area contributed by atoms with Crippen LogP contribution in [0, 0.1) is 0 Å². The molecule has 63 heavy (non-hydrogen) atoms. The number of para-hydroxylation sites is 3. The zero-order valence-electron chi connectivity index (χ0n) is 33.9. The SMILES string of the molecule is c1ccc(-c2cccc(-c3nc(-c4ccccc4)nc(-n4c5ccccc5c5cc6c(cc54)c4ccccc4n6-c4cc(-c5ccccc5)c5oc6ccccc6c5c4)n3)c2)cc1. The van der Waals surface area contributed by atoms with Gasteiger partial charge in [0.25, 0.3) is 0 Å². The van der Waals surface area contributed by atoms with Crippen molar-refractivity contribution in [3.8, 4) is 56.7 Å². The Labute approximate surface area is 361 Å². The number of rotatable bonds is 6. The second-order valence-electron chi connectivity index (χ2n) is 16.0. The van der Waals surface area contributed by atoms with E-state index in [2.05, 4.69) is 191 Å². The largest absolute Gasteiger partial charge is 0.455 e. The molecule has 294 valence electrons. The molecule has 9 aromatic carbocycles. The maximum absolute atomic E-state index is 6.61. The van der Waals surface area contributed by atoms with E-state index in [1.165, 1.54) is 0 Å². The van der Waals surface area contributed by atoms with Crippen molar-refractivity contribution in [2.75, 3.05) is 0 Å². The van der Waals surface area contributed by atoms with E-state index in [4.69, 9.17) is 19.4 Å². The maximum Gasteiger partial charge on any atom is 0.238 e. The van der Waals surface area contributed by atoms with Gasteiger partial charge in [-0.2, -0.15) is 9.97 Å². The van der Waals surface area contributed by atoms with Crippen LogP contribution in [0.3, 0.4) is 0 Å². The number of furan rings is 1. The van der Waals surface area contributed by atoms with Crippen LogP contribution in [0.5, 0.6) is 0 Å². The second-order valence-corrected chi connectivity index (χ2v) is 16.0. The number of hydrogen-bond acceptors (Lipinski definition) is 4. The summed E-state index contributed by atoms with van der Waals surface area (Å²) in [6.07, 6.45) is 0. The number of aromatic nitrogens is 5. The third-order valence-electron chi connectivity index (χ3n) is 12.4. The van der Waals surface area contributed by atoms with Crippen LogP contribution in [-0.4, -0.2) is 24.1 Å². The van der Waals surface area contributed by atoms with Crippen LogP contribution in [-0.2, 0) is 0 Å². The molecule has 4 heterocycles. The average Bonchev–Trinajstić information content (AvgIpc) is 4.01. The summed E-state index contributed by atoms with van der Waals surface area (Å²) in [5.74, 6) is 1.78. The highest BCUT2D eigenvalue weighted by Crippen LogP contribution is 2.43. The standard InChI is InChI=1S/C57H35N5O/c1-4-17-36(18-5-1)39-23-16-24-40(31-39)56-58-55(38-21-8-3-9-22-38)59-57(60-56)62-50-29-14-11-26-43(50)47-34-51-46(35-52(47)62)42-25-10-13-28-49(42)61(51)41-32-45(37-19-6-2-7-20-37)54-48(33-41)44-27-12-15-30-53(44)63-54/h1-35H. The van der Waals surface area contributed by atoms with Gasteiger partial charge in [0, 0.05) is 54.7 Å². The summed E-state index contributed by atoms with van der Waals surface area (Å²) in [5.41, 5.74) is 13.3. The number of nitrogens with zero attached hydrogens (tertiary/aromatic N) is 5. The molecule has 0 radical (unpaired) electrons. The van der Waals surface area contributed by atoms with Gasteiger partial charge in [0.1, 0.15) is 11.2 Å². The highest BCUT2D eigenvalue weighted by molar-refractivity contribution is 6.19. The molecule has 0 bridgehead atoms. The fourth-order valence-corrected chi connectivity index (χ4v) is 9.48. The Morgan fingerprint density at radius 1 is 0.317 bits per heavy atom. The Morgan fingerprint density at radius 3 is 1.54 bits per heavy atom. The van der Waals surface area contributed by atoms with Gasteiger partial charge in [0.15, 0.2) is 11.6 Å². The molecular weight excluding hydrogens is 771 g/mol. The van der Waals surface area contributed by atoms with Crippen LogP contribution in [0.25, 0.3) is 122 Å². The lowest BCUT2D eigenvalue weighted by atomic mass is 10.0. The zero-order valence-corrected chi connectivity index (χ0v) is 33.9. The van der Waals surface area contributed by atoms with Crippen molar-refractivity contribution in [2.24, 2.45) is 0 Å². The predicted molar refractivity (Wildman–Crippen MR) is 258 cm³/mol. The molecule has 4 aromatic heterocycles. The van der Waals surface area contributed by atoms with E-state index in [0.29, 0.717) is 17.6 Å². The molecule has 0 fully saturated rings. The smallest absolute Gasteiger partial charge is 0.238 e. The molecule has 0 unspecified atom stereocenters. The molecule has 0 aliphatic heterocycles. The van der Waals surface area contributed by atoms with Crippen LogP contribution >= 0.6 is 0 Å². The minimum atomic E-state index is 0.558. The summed E-state index contributed by atoms with van der Waals surface area (Å²) in [6, 6.07) is 74.4. The molecule has 0 atom stereocenters.